The van der Waals surface area contributed by atoms with E-state index in [1.165, 1.54) is 12.8 Å². The standard InChI is InChI=1S/C17H19N5/c1-11(2)22-16(12-6-4-3-5-7-12)21-14-15(20-13-8-9-13)18-10-19-17(14)22/h3-7,10-11,13H,8-9H2,1-2H3,(H,18,19,20). The van der Waals surface area contributed by atoms with Crippen molar-refractivity contribution < 1.29 is 0 Å². The lowest BCUT2D eigenvalue weighted by atomic mass is 10.2. The van der Waals surface area contributed by atoms with Crippen LogP contribution in [0.5, 0.6) is 0 Å². The van der Waals surface area contributed by atoms with E-state index < -0.39 is 0 Å². The largest absolute Gasteiger partial charge is 0.365 e. The van der Waals surface area contributed by atoms with Crippen LogP contribution < -0.4 is 5.32 Å². The van der Waals surface area contributed by atoms with E-state index in [1.54, 1.807) is 6.33 Å². The van der Waals surface area contributed by atoms with Gasteiger partial charge in [0.15, 0.2) is 17.0 Å². The summed E-state index contributed by atoms with van der Waals surface area (Å²) in [7, 11) is 0. The Bertz CT molecular complexity index is 803. The first-order valence-electron chi connectivity index (χ1n) is 7.79. The van der Waals surface area contributed by atoms with Gasteiger partial charge in [-0.05, 0) is 26.7 Å². The minimum absolute atomic E-state index is 0.281. The molecule has 1 aliphatic carbocycles. The average molecular weight is 293 g/mol. The molecule has 0 atom stereocenters. The van der Waals surface area contributed by atoms with Crippen LogP contribution in [0.25, 0.3) is 22.6 Å². The number of rotatable bonds is 4. The maximum atomic E-state index is 4.86. The van der Waals surface area contributed by atoms with E-state index in [1.807, 2.05) is 18.2 Å². The number of nitrogens with zero attached hydrogens (tertiary/aromatic N) is 4. The molecule has 1 fully saturated rings. The van der Waals surface area contributed by atoms with E-state index in [0.717, 1.165) is 28.4 Å². The fourth-order valence-electron chi connectivity index (χ4n) is 2.72. The van der Waals surface area contributed by atoms with Gasteiger partial charge in [-0.3, -0.25) is 0 Å². The van der Waals surface area contributed by atoms with Crippen molar-refractivity contribution >= 4 is 17.0 Å². The van der Waals surface area contributed by atoms with Crippen LogP contribution in [0, 0.1) is 0 Å². The van der Waals surface area contributed by atoms with Crippen LogP contribution in [-0.2, 0) is 0 Å². The zero-order valence-corrected chi connectivity index (χ0v) is 12.8. The van der Waals surface area contributed by atoms with Crippen LogP contribution in [0.15, 0.2) is 36.7 Å². The van der Waals surface area contributed by atoms with Crippen molar-refractivity contribution in [2.75, 3.05) is 5.32 Å². The molecule has 2 aromatic heterocycles. The lowest BCUT2D eigenvalue weighted by molar-refractivity contribution is 0.619. The van der Waals surface area contributed by atoms with Crippen molar-refractivity contribution in [2.45, 2.75) is 38.8 Å². The van der Waals surface area contributed by atoms with Gasteiger partial charge in [-0.25, -0.2) is 15.0 Å². The molecule has 3 aromatic rings. The van der Waals surface area contributed by atoms with Crippen LogP contribution >= 0.6 is 0 Å². The number of hydrogen-bond acceptors (Lipinski definition) is 4. The first kappa shape index (κ1) is 13.2. The van der Waals surface area contributed by atoms with E-state index in [2.05, 4.69) is 45.8 Å². The molecule has 22 heavy (non-hydrogen) atoms. The molecule has 4 rings (SSSR count). The second-order valence-electron chi connectivity index (χ2n) is 6.08. The predicted octanol–water partition coefficient (Wildman–Crippen LogP) is 3.65. The van der Waals surface area contributed by atoms with Crippen molar-refractivity contribution in [1.82, 2.24) is 19.5 Å². The van der Waals surface area contributed by atoms with Gasteiger partial charge in [0.25, 0.3) is 0 Å². The van der Waals surface area contributed by atoms with Gasteiger partial charge >= 0.3 is 0 Å². The summed E-state index contributed by atoms with van der Waals surface area (Å²) in [4.78, 5) is 13.7. The molecule has 5 nitrogen and oxygen atoms in total. The maximum absolute atomic E-state index is 4.86. The topological polar surface area (TPSA) is 55.6 Å². The van der Waals surface area contributed by atoms with E-state index in [4.69, 9.17) is 4.98 Å². The first-order chi connectivity index (χ1) is 10.7. The summed E-state index contributed by atoms with van der Waals surface area (Å²) in [5, 5.41) is 3.46. The Hall–Kier alpha value is -2.43. The molecule has 1 N–H and O–H groups in total. The highest BCUT2D eigenvalue weighted by Gasteiger charge is 2.24. The average Bonchev–Trinajstić information content (AvgIpc) is 3.25. The Balaban J connectivity index is 1.94. The van der Waals surface area contributed by atoms with Gasteiger partial charge in [-0.2, -0.15) is 0 Å². The fraction of sp³-hybridized carbons (Fsp3) is 0.353. The van der Waals surface area contributed by atoms with E-state index in [0.29, 0.717) is 6.04 Å². The van der Waals surface area contributed by atoms with E-state index in [9.17, 15) is 0 Å². The Morgan fingerprint density at radius 1 is 1.14 bits per heavy atom. The van der Waals surface area contributed by atoms with Crippen molar-refractivity contribution in [3.63, 3.8) is 0 Å². The summed E-state index contributed by atoms with van der Waals surface area (Å²) >= 11 is 0. The highest BCUT2D eigenvalue weighted by molar-refractivity contribution is 5.86. The van der Waals surface area contributed by atoms with Gasteiger partial charge in [0.1, 0.15) is 12.2 Å². The Labute approximate surface area is 129 Å². The summed E-state index contributed by atoms with van der Waals surface area (Å²) in [6.45, 7) is 4.31. The fourth-order valence-corrected chi connectivity index (χ4v) is 2.72. The van der Waals surface area contributed by atoms with Crippen molar-refractivity contribution in [3.8, 4) is 11.4 Å². The second kappa shape index (κ2) is 5.09. The molecule has 112 valence electrons. The summed E-state index contributed by atoms with van der Waals surface area (Å²) in [5.74, 6) is 1.80. The molecular formula is C17H19N5. The van der Waals surface area contributed by atoms with E-state index >= 15 is 0 Å². The number of fused-ring (bicyclic) bond motifs is 1. The molecule has 1 aliphatic rings. The SMILES string of the molecule is CC(C)n1c(-c2ccccc2)nc2c(NC3CC3)ncnc21. The molecule has 2 heterocycles. The maximum Gasteiger partial charge on any atom is 0.166 e. The Kier molecular flexibility index (Phi) is 3.06. The molecule has 0 spiro atoms. The number of imidazole rings is 1. The van der Waals surface area contributed by atoms with Crippen molar-refractivity contribution in [2.24, 2.45) is 0 Å². The molecule has 1 aromatic carbocycles. The number of nitrogens with one attached hydrogen (secondary N) is 1. The third-order valence-corrected chi connectivity index (χ3v) is 3.94. The van der Waals surface area contributed by atoms with Crippen LogP contribution in [0.3, 0.4) is 0 Å². The normalized spacial score (nSPS) is 14.7. The molecule has 1 saturated carbocycles. The Morgan fingerprint density at radius 2 is 1.91 bits per heavy atom. The van der Waals surface area contributed by atoms with Crippen LogP contribution in [0.4, 0.5) is 5.82 Å². The number of anilines is 1. The lowest BCUT2D eigenvalue weighted by Gasteiger charge is -2.12. The quantitative estimate of drug-likeness (QED) is 0.797. The highest BCUT2D eigenvalue weighted by atomic mass is 15.2. The zero-order valence-electron chi connectivity index (χ0n) is 12.8. The third kappa shape index (κ3) is 2.22. The number of aromatic nitrogens is 4. The van der Waals surface area contributed by atoms with Crippen LogP contribution in [-0.4, -0.2) is 25.6 Å². The van der Waals surface area contributed by atoms with Gasteiger partial charge in [-0.15, -0.1) is 0 Å². The molecule has 0 bridgehead atoms. The Morgan fingerprint density at radius 3 is 2.59 bits per heavy atom. The van der Waals surface area contributed by atoms with E-state index in [-0.39, 0.29) is 6.04 Å². The molecule has 0 amide bonds. The summed E-state index contributed by atoms with van der Waals surface area (Å²) in [5.41, 5.74) is 2.86. The van der Waals surface area contributed by atoms with Crippen LogP contribution in [0.1, 0.15) is 32.7 Å². The lowest BCUT2D eigenvalue weighted by Crippen LogP contribution is -2.06. The predicted molar refractivity (Wildman–Crippen MR) is 87.8 cm³/mol. The molecule has 0 saturated heterocycles. The van der Waals surface area contributed by atoms with Gasteiger partial charge in [0.05, 0.1) is 0 Å². The van der Waals surface area contributed by atoms with Gasteiger partial charge in [0.2, 0.25) is 0 Å². The third-order valence-electron chi connectivity index (χ3n) is 3.94. The molecule has 0 unspecified atom stereocenters. The van der Waals surface area contributed by atoms with Crippen molar-refractivity contribution in [1.29, 1.82) is 0 Å². The molecule has 5 heteroatoms. The van der Waals surface area contributed by atoms with Gasteiger partial charge < -0.3 is 9.88 Å². The molecule has 0 aliphatic heterocycles. The number of hydrogen-bond donors (Lipinski definition) is 1. The summed E-state index contributed by atoms with van der Waals surface area (Å²) in [6.07, 6.45) is 4.05. The summed E-state index contributed by atoms with van der Waals surface area (Å²) in [6, 6.07) is 11.1. The second-order valence-corrected chi connectivity index (χ2v) is 6.08. The van der Waals surface area contributed by atoms with Crippen LogP contribution in [0.2, 0.25) is 0 Å². The smallest absolute Gasteiger partial charge is 0.166 e. The first-order valence-corrected chi connectivity index (χ1v) is 7.79. The molecular weight excluding hydrogens is 274 g/mol. The molecule has 0 radical (unpaired) electrons. The minimum atomic E-state index is 0.281. The summed E-state index contributed by atoms with van der Waals surface area (Å²) < 4.78 is 2.18. The van der Waals surface area contributed by atoms with Gasteiger partial charge in [0, 0.05) is 17.6 Å². The monoisotopic (exact) mass is 293 g/mol. The zero-order chi connectivity index (χ0) is 15.1. The van der Waals surface area contributed by atoms with Crippen molar-refractivity contribution in [3.05, 3.63) is 36.7 Å². The minimum Gasteiger partial charge on any atom is -0.365 e. The number of benzene rings is 1. The van der Waals surface area contributed by atoms with Gasteiger partial charge in [-0.1, -0.05) is 30.3 Å². The highest BCUT2D eigenvalue weighted by Crippen LogP contribution is 2.31.